The standard InChI is InChI=1S/C17H12F7N5O/c18-13-3-1-2-12(28-13)11(15(26)30)7-27-29-14(25)8-4-9(16(19,20)21)6-10(5-8)17(22,23)24/h1-7,27H,(H2,25,29)(H2,26,30)/b11-7+. The van der Waals surface area contributed by atoms with Gasteiger partial charge in [-0.05, 0) is 30.3 Å². The topological polar surface area (TPSA) is 106 Å². The van der Waals surface area contributed by atoms with Gasteiger partial charge in [-0.3, -0.25) is 10.2 Å². The molecule has 0 saturated carbocycles. The first-order valence-corrected chi connectivity index (χ1v) is 7.80. The number of pyridine rings is 1. The molecule has 0 aliphatic heterocycles. The summed E-state index contributed by atoms with van der Waals surface area (Å²) < 4.78 is 90.6. The lowest BCUT2D eigenvalue weighted by molar-refractivity contribution is -0.143. The minimum absolute atomic E-state index is 0.0646. The molecule has 0 saturated heterocycles. The van der Waals surface area contributed by atoms with Crippen LogP contribution in [0.4, 0.5) is 30.7 Å². The van der Waals surface area contributed by atoms with Crippen molar-refractivity contribution >= 4 is 17.3 Å². The predicted molar refractivity (Wildman–Crippen MR) is 91.7 cm³/mol. The van der Waals surface area contributed by atoms with Gasteiger partial charge in [0.25, 0.3) is 5.91 Å². The van der Waals surface area contributed by atoms with Gasteiger partial charge in [-0.25, -0.2) is 4.98 Å². The fourth-order valence-electron chi connectivity index (χ4n) is 2.16. The van der Waals surface area contributed by atoms with Gasteiger partial charge in [0.15, 0.2) is 5.84 Å². The van der Waals surface area contributed by atoms with Crippen LogP contribution in [0.25, 0.3) is 5.57 Å². The molecule has 0 fully saturated rings. The summed E-state index contributed by atoms with van der Waals surface area (Å²) in [6.07, 6.45) is -9.31. The second-order valence-corrected chi connectivity index (χ2v) is 5.69. The van der Waals surface area contributed by atoms with Crippen LogP contribution in [-0.2, 0) is 17.1 Å². The van der Waals surface area contributed by atoms with Crippen LogP contribution in [-0.4, -0.2) is 16.7 Å². The zero-order valence-corrected chi connectivity index (χ0v) is 14.6. The average Bonchev–Trinajstić information content (AvgIpc) is 2.63. The molecular formula is C17H12F7N5O. The summed E-state index contributed by atoms with van der Waals surface area (Å²) in [6, 6.07) is 4.15. The fraction of sp³-hybridized carbons (Fsp3) is 0.118. The van der Waals surface area contributed by atoms with Gasteiger partial charge in [-0.15, -0.1) is 0 Å². The minimum atomic E-state index is -5.06. The molecule has 1 aromatic heterocycles. The number of nitrogens with one attached hydrogen (secondary N) is 1. The number of primary amides is 1. The Hall–Kier alpha value is -3.64. The van der Waals surface area contributed by atoms with Crippen LogP contribution in [0.15, 0.2) is 47.7 Å². The Kier molecular flexibility index (Phi) is 6.33. The zero-order valence-electron chi connectivity index (χ0n) is 14.6. The highest BCUT2D eigenvalue weighted by Gasteiger charge is 2.37. The van der Waals surface area contributed by atoms with Gasteiger partial charge in [0.05, 0.1) is 22.4 Å². The van der Waals surface area contributed by atoms with Crippen LogP contribution in [0.2, 0.25) is 0 Å². The number of benzene rings is 1. The molecule has 0 atom stereocenters. The lowest BCUT2D eigenvalue weighted by Crippen LogP contribution is -2.21. The first-order valence-electron chi connectivity index (χ1n) is 7.80. The van der Waals surface area contributed by atoms with Gasteiger partial charge in [-0.1, -0.05) is 6.07 Å². The molecule has 30 heavy (non-hydrogen) atoms. The molecule has 0 radical (unpaired) electrons. The lowest BCUT2D eigenvalue weighted by Gasteiger charge is -2.14. The van der Waals surface area contributed by atoms with Gasteiger partial charge < -0.3 is 11.5 Å². The van der Waals surface area contributed by atoms with E-state index in [-0.39, 0.29) is 17.3 Å². The molecule has 1 amide bonds. The quantitative estimate of drug-likeness (QED) is 0.168. The smallest absolute Gasteiger partial charge is 0.382 e. The molecule has 0 spiro atoms. The number of alkyl halides is 6. The Morgan fingerprint density at radius 2 is 1.57 bits per heavy atom. The van der Waals surface area contributed by atoms with Gasteiger partial charge in [0.2, 0.25) is 5.95 Å². The molecule has 1 aromatic carbocycles. The van der Waals surface area contributed by atoms with Crippen molar-refractivity contribution in [2.45, 2.75) is 12.4 Å². The van der Waals surface area contributed by atoms with Crippen LogP contribution >= 0.6 is 0 Å². The van der Waals surface area contributed by atoms with Crippen molar-refractivity contribution in [1.82, 2.24) is 10.4 Å². The number of hydrogen-bond acceptors (Lipinski definition) is 4. The van der Waals surface area contributed by atoms with Gasteiger partial charge in [0, 0.05) is 11.8 Å². The molecule has 160 valence electrons. The van der Waals surface area contributed by atoms with Gasteiger partial charge >= 0.3 is 12.4 Å². The van der Waals surface area contributed by atoms with Crippen LogP contribution in [0.1, 0.15) is 22.4 Å². The van der Waals surface area contributed by atoms with Crippen LogP contribution in [0, 0.1) is 5.95 Å². The maximum absolute atomic E-state index is 13.2. The molecule has 0 unspecified atom stereocenters. The number of amidine groups is 1. The molecule has 2 rings (SSSR count). The van der Waals surface area contributed by atoms with Crippen molar-refractivity contribution in [1.29, 1.82) is 0 Å². The number of nitrogens with two attached hydrogens (primary N) is 2. The Morgan fingerprint density at radius 3 is 2.03 bits per heavy atom. The van der Waals surface area contributed by atoms with E-state index in [0.29, 0.717) is 12.1 Å². The largest absolute Gasteiger partial charge is 0.416 e. The minimum Gasteiger partial charge on any atom is -0.382 e. The Balaban J connectivity index is 2.40. The highest BCUT2D eigenvalue weighted by molar-refractivity contribution is 6.18. The molecule has 0 aliphatic rings. The van der Waals surface area contributed by atoms with Crippen LogP contribution in [0.5, 0.6) is 0 Å². The van der Waals surface area contributed by atoms with E-state index in [1.54, 1.807) is 0 Å². The van der Waals surface area contributed by atoms with Crippen LogP contribution in [0.3, 0.4) is 0 Å². The first kappa shape index (κ1) is 22.6. The van der Waals surface area contributed by atoms with Crippen molar-refractivity contribution in [3.63, 3.8) is 0 Å². The van der Waals surface area contributed by atoms with E-state index in [0.717, 1.165) is 12.3 Å². The van der Waals surface area contributed by atoms with Crippen LogP contribution < -0.4 is 16.9 Å². The number of hydrazone groups is 1. The van der Waals surface area contributed by atoms with Crippen molar-refractivity contribution in [2.75, 3.05) is 0 Å². The summed E-state index contributed by atoms with van der Waals surface area (Å²) in [5.41, 5.74) is 8.29. The van der Waals surface area contributed by atoms with Gasteiger partial charge in [0.1, 0.15) is 0 Å². The van der Waals surface area contributed by atoms with E-state index in [4.69, 9.17) is 11.5 Å². The third-order valence-corrected chi connectivity index (χ3v) is 3.53. The van der Waals surface area contributed by atoms with Crippen molar-refractivity contribution in [2.24, 2.45) is 16.6 Å². The number of carbonyl (C=O) groups is 1. The summed E-state index contributed by atoms with van der Waals surface area (Å²) in [7, 11) is 0. The number of rotatable bonds is 5. The number of hydrogen-bond donors (Lipinski definition) is 3. The number of amides is 1. The van der Waals surface area contributed by atoms with E-state index >= 15 is 0 Å². The fourth-order valence-corrected chi connectivity index (χ4v) is 2.16. The van der Waals surface area contributed by atoms with Crippen molar-refractivity contribution in [3.8, 4) is 0 Å². The second-order valence-electron chi connectivity index (χ2n) is 5.69. The van der Waals surface area contributed by atoms with Crippen molar-refractivity contribution < 1.29 is 35.5 Å². The predicted octanol–water partition coefficient (Wildman–Crippen LogP) is 2.99. The van der Waals surface area contributed by atoms with E-state index in [9.17, 15) is 35.5 Å². The molecule has 2 aromatic rings. The molecule has 0 aliphatic carbocycles. The summed E-state index contributed by atoms with van der Waals surface area (Å²) in [6.45, 7) is 0. The highest BCUT2D eigenvalue weighted by Crippen LogP contribution is 2.36. The molecule has 13 heteroatoms. The first-order chi connectivity index (χ1) is 13.8. The van der Waals surface area contributed by atoms with Gasteiger partial charge in [-0.2, -0.15) is 35.8 Å². The highest BCUT2D eigenvalue weighted by atomic mass is 19.4. The number of carbonyl (C=O) groups excluding carboxylic acids is 1. The molecule has 5 N–H and O–H groups in total. The Morgan fingerprint density at radius 1 is 1.00 bits per heavy atom. The molecule has 0 bridgehead atoms. The third kappa shape index (κ3) is 5.68. The normalized spacial score (nSPS) is 13.3. The maximum Gasteiger partial charge on any atom is 0.416 e. The SMILES string of the molecule is NC(=O)/C(=C/N/N=C(\N)c1cc(C(F)(F)F)cc(C(F)(F)F)c1)c1cccc(F)n1. The molecule has 6 nitrogen and oxygen atoms in total. The molecule has 1 heterocycles. The summed E-state index contributed by atoms with van der Waals surface area (Å²) in [4.78, 5) is 14.9. The van der Waals surface area contributed by atoms with Crippen molar-refractivity contribution in [3.05, 3.63) is 70.9 Å². The second kappa shape index (κ2) is 8.39. The zero-order chi connectivity index (χ0) is 22.7. The third-order valence-electron chi connectivity index (χ3n) is 3.53. The number of halogens is 7. The molecular weight excluding hydrogens is 423 g/mol. The number of nitrogens with zero attached hydrogens (tertiary/aromatic N) is 2. The lowest BCUT2D eigenvalue weighted by atomic mass is 10.0. The van der Waals surface area contributed by atoms with E-state index < -0.39 is 46.7 Å². The van der Waals surface area contributed by atoms with E-state index in [1.807, 2.05) is 0 Å². The average molecular weight is 435 g/mol. The number of aromatic nitrogens is 1. The van der Waals surface area contributed by atoms with E-state index in [1.165, 1.54) is 12.1 Å². The Bertz CT molecular complexity index is 980. The summed E-state index contributed by atoms with van der Waals surface area (Å²) in [5.74, 6) is -2.74. The monoisotopic (exact) mass is 435 g/mol. The summed E-state index contributed by atoms with van der Waals surface area (Å²) in [5, 5.41) is 3.41. The Labute approximate surface area is 164 Å². The van der Waals surface area contributed by atoms with E-state index in [2.05, 4.69) is 15.5 Å². The summed E-state index contributed by atoms with van der Waals surface area (Å²) >= 11 is 0. The maximum atomic E-state index is 13.2.